The van der Waals surface area contributed by atoms with Gasteiger partial charge in [0, 0.05) is 16.5 Å². The van der Waals surface area contributed by atoms with Crippen LogP contribution in [0.4, 0.5) is 5.69 Å². The molecule has 1 aliphatic carbocycles. The average molecular weight is 236 g/mol. The summed E-state index contributed by atoms with van der Waals surface area (Å²) in [6, 6.07) is 6.40. The van der Waals surface area contributed by atoms with Gasteiger partial charge in [-0.1, -0.05) is 24.4 Å². The van der Waals surface area contributed by atoms with E-state index < -0.39 is 0 Å². The summed E-state index contributed by atoms with van der Waals surface area (Å²) >= 11 is 6.08. The average Bonchev–Trinajstić information content (AvgIpc) is 2.87. The van der Waals surface area contributed by atoms with Crippen molar-refractivity contribution in [2.75, 3.05) is 5.32 Å². The molecular weight excluding hydrogens is 222 g/mol. The second kappa shape index (κ2) is 4.02. The number of hydrogen-bond acceptors (Lipinski definition) is 2. The van der Waals surface area contributed by atoms with E-state index in [0.29, 0.717) is 6.04 Å². The maximum atomic E-state index is 6.08. The van der Waals surface area contributed by atoms with Crippen LogP contribution in [-0.2, 0) is 0 Å². The molecule has 1 aromatic heterocycles. The van der Waals surface area contributed by atoms with Crippen LogP contribution in [0.25, 0.3) is 11.0 Å². The van der Waals surface area contributed by atoms with Crippen LogP contribution >= 0.6 is 11.6 Å². The third-order valence-corrected chi connectivity index (χ3v) is 3.45. The Balaban J connectivity index is 1.97. The highest BCUT2D eigenvalue weighted by Crippen LogP contribution is 2.31. The van der Waals surface area contributed by atoms with Crippen LogP contribution in [0, 0.1) is 0 Å². The third kappa shape index (κ3) is 1.78. The molecule has 1 N–H and O–H groups in total. The van der Waals surface area contributed by atoms with Gasteiger partial charge in [-0.15, -0.1) is 0 Å². The minimum absolute atomic E-state index is 0.576. The van der Waals surface area contributed by atoms with Gasteiger partial charge >= 0.3 is 0 Å². The zero-order valence-electron chi connectivity index (χ0n) is 9.00. The molecule has 1 fully saturated rings. The molecule has 16 heavy (non-hydrogen) atoms. The Hall–Kier alpha value is -1.15. The van der Waals surface area contributed by atoms with E-state index in [0.717, 1.165) is 21.7 Å². The van der Waals surface area contributed by atoms with Crippen molar-refractivity contribution in [3.05, 3.63) is 29.5 Å². The SMILES string of the molecule is Clc1cc(NC2CCCC2)c2occc2c1. The molecular formula is C13H14ClNO. The number of hydrogen-bond donors (Lipinski definition) is 1. The number of halogens is 1. The lowest BCUT2D eigenvalue weighted by molar-refractivity contribution is 0.615. The fourth-order valence-electron chi connectivity index (χ4n) is 2.44. The Bertz CT molecular complexity index is 500. The largest absolute Gasteiger partial charge is 0.462 e. The van der Waals surface area contributed by atoms with Crippen LogP contribution in [-0.4, -0.2) is 6.04 Å². The predicted octanol–water partition coefficient (Wildman–Crippen LogP) is 4.44. The number of benzene rings is 1. The second-order valence-corrected chi connectivity index (χ2v) is 4.85. The van der Waals surface area contributed by atoms with E-state index in [4.69, 9.17) is 16.0 Å². The molecule has 2 aromatic rings. The van der Waals surface area contributed by atoms with Crippen LogP contribution in [0.5, 0.6) is 0 Å². The predicted molar refractivity (Wildman–Crippen MR) is 67.1 cm³/mol. The first-order valence-corrected chi connectivity index (χ1v) is 6.14. The number of anilines is 1. The lowest BCUT2D eigenvalue weighted by Crippen LogP contribution is -2.14. The Labute approximate surface area is 99.6 Å². The van der Waals surface area contributed by atoms with Crippen LogP contribution in [0.3, 0.4) is 0 Å². The molecule has 0 atom stereocenters. The summed E-state index contributed by atoms with van der Waals surface area (Å²) in [6.07, 6.45) is 6.84. The molecule has 0 saturated heterocycles. The molecule has 0 aliphatic heterocycles. The summed E-state index contributed by atoms with van der Waals surface area (Å²) in [4.78, 5) is 0. The maximum absolute atomic E-state index is 6.08. The van der Waals surface area contributed by atoms with Crippen molar-refractivity contribution in [3.63, 3.8) is 0 Å². The number of fused-ring (bicyclic) bond motifs is 1. The van der Waals surface area contributed by atoms with E-state index in [1.165, 1.54) is 25.7 Å². The Kier molecular flexibility index (Phi) is 2.52. The Morgan fingerprint density at radius 1 is 1.25 bits per heavy atom. The first kappa shape index (κ1) is 10.0. The summed E-state index contributed by atoms with van der Waals surface area (Å²) < 4.78 is 5.49. The minimum atomic E-state index is 0.576. The van der Waals surface area contributed by atoms with Crippen LogP contribution < -0.4 is 5.32 Å². The number of nitrogens with one attached hydrogen (secondary N) is 1. The fourth-order valence-corrected chi connectivity index (χ4v) is 2.67. The van der Waals surface area contributed by atoms with Gasteiger partial charge in [-0.25, -0.2) is 0 Å². The van der Waals surface area contributed by atoms with Gasteiger partial charge in [0.05, 0.1) is 12.0 Å². The van der Waals surface area contributed by atoms with E-state index in [9.17, 15) is 0 Å². The monoisotopic (exact) mass is 235 g/mol. The van der Waals surface area contributed by atoms with E-state index in [1.54, 1.807) is 6.26 Å². The lowest BCUT2D eigenvalue weighted by atomic mass is 10.2. The van der Waals surface area contributed by atoms with Gasteiger partial charge in [-0.3, -0.25) is 0 Å². The van der Waals surface area contributed by atoms with Crippen molar-refractivity contribution in [2.24, 2.45) is 0 Å². The summed E-state index contributed by atoms with van der Waals surface area (Å²) in [5.74, 6) is 0. The summed E-state index contributed by atoms with van der Waals surface area (Å²) in [6.45, 7) is 0. The topological polar surface area (TPSA) is 25.2 Å². The Morgan fingerprint density at radius 2 is 2.06 bits per heavy atom. The highest BCUT2D eigenvalue weighted by molar-refractivity contribution is 6.31. The molecule has 1 aromatic carbocycles. The van der Waals surface area contributed by atoms with E-state index in [-0.39, 0.29) is 0 Å². The lowest BCUT2D eigenvalue weighted by Gasteiger charge is -2.13. The van der Waals surface area contributed by atoms with Gasteiger partial charge in [0.25, 0.3) is 0 Å². The molecule has 2 nitrogen and oxygen atoms in total. The highest BCUT2D eigenvalue weighted by atomic mass is 35.5. The van der Waals surface area contributed by atoms with Crippen LogP contribution in [0.15, 0.2) is 28.9 Å². The van der Waals surface area contributed by atoms with Crippen molar-refractivity contribution in [1.82, 2.24) is 0 Å². The van der Waals surface area contributed by atoms with Gasteiger partial charge < -0.3 is 9.73 Å². The standard InChI is InChI=1S/C13H14ClNO/c14-10-7-9-5-6-16-13(9)12(8-10)15-11-3-1-2-4-11/h5-8,11,15H,1-4H2. The summed E-state index contributed by atoms with van der Waals surface area (Å²) in [5.41, 5.74) is 1.94. The highest BCUT2D eigenvalue weighted by Gasteiger charge is 2.16. The van der Waals surface area contributed by atoms with Crippen LogP contribution in [0.1, 0.15) is 25.7 Å². The molecule has 1 saturated carbocycles. The Morgan fingerprint density at radius 3 is 2.88 bits per heavy atom. The minimum Gasteiger partial charge on any atom is -0.462 e. The molecule has 3 heteroatoms. The van der Waals surface area contributed by atoms with Crippen molar-refractivity contribution in [1.29, 1.82) is 0 Å². The van der Waals surface area contributed by atoms with E-state index >= 15 is 0 Å². The fraction of sp³-hybridized carbons (Fsp3) is 0.385. The molecule has 3 rings (SSSR count). The quantitative estimate of drug-likeness (QED) is 0.833. The molecule has 0 bridgehead atoms. The zero-order valence-corrected chi connectivity index (χ0v) is 9.76. The molecule has 0 amide bonds. The number of rotatable bonds is 2. The van der Waals surface area contributed by atoms with Crippen molar-refractivity contribution < 1.29 is 4.42 Å². The summed E-state index contributed by atoms with van der Waals surface area (Å²) in [7, 11) is 0. The number of furan rings is 1. The van der Waals surface area contributed by atoms with Gasteiger partial charge in [-0.2, -0.15) is 0 Å². The second-order valence-electron chi connectivity index (χ2n) is 4.42. The maximum Gasteiger partial charge on any atom is 0.157 e. The molecule has 84 valence electrons. The van der Waals surface area contributed by atoms with Gasteiger partial charge in [0.15, 0.2) is 5.58 Å². The molecule has 0 spiro atoms. The van der Waals surface area contributed by atoms with Gasteiger partial charge in [0.2, 0.25) is 0 Å². The summed E-state index contributed by atoms with van der Waals surface area (Å²) in [5, 5.41) is 5.35. The van der Waals surface area contributed by atoms with E-state index in [2.05, 4.69) is 5.32 Å². The first-order chi connectivity index (χ1) is 7.83. The van der Waals surface area contributed by atoms with Crippen LogP contribution in [0.2, 0.25) is 5.02 Å². The smallest absolute Gasteiger partial charge is 0.157 e. The molecule has 0 radical (unpaired) electrons. The first-order valence-electron chi connectivity index (χ1n) is 5.76. The normalized spacial score (nSPS) is 17.1. The van der Waals surface area contributed by atoms with E-state index in [1.807, 2.05) is 18.2 Å². The van der Waals surface area contributed by atoms with Gasteiger partial charge in [0.1, 0.15) is 0 Å². The van der Waals surface area contributed by atoms with Crippen molar-refractivity contribution >= 4 is 28.3 Å². The van der Waals surface area contributed by atoms with Crippen molar-refractivity contribution in [2.45, 2.75) is 31.7 Å². The molecule has 1 heterocycles. The molecule has 1 aliphatic rings. The van der Waals surface area contributed by atoms with Gasteiger partial charge in [-0.05, 0) is 31.0 Å². The zero-order chi connectivity index (χ0) is 11.0. The molecule has 0 unspecified atom stereocenters. The van der Waals surface area contributed by atoms with Crippen molar-refractivity contribution in [3.8, 4) is 0 Å². The third-order valence-electron chi connectivity index (χ3n) is 3.23.